The van der Waals surface area contributed by atoms with Crippen LogP contribution in [0.2, 0.25) is 5.02 Å². The summed E-state index contributed by atoms with van der Waals surface area (Å²) in [6.45, 7) is 0.479. The lowest BCUT2D eigenvalue weighted by atomic mass is 10.1. The van der Waals surface area contributed by atoms with Gasteiger partial charge in [-0.15, -0.1) is 0 Å². The zero-order chi connectivity index (χ0) is 18.3. The molecule has 1 saturated carbocycles. The van der Waals surface area contributed by atoms with Gasteiger partial charge in [0.05, 0.1) is 11.0 Å². The number of sulfone groups is 1. The summed E-state index contributed by atoms with van der Waals surface area (Å²) in [6.07, 6.45) is 2.43. The van der Waals surface area contributed by atoms with E-state index in [0.29, 0.717) is 29.5 Å². The van der Waals surface area contributed by atoms with Crippen molar-refractivity contribution < 1.29 is 17.7 Å². The van der Waals surface area contributed by atoms with Gasteiger partial charge in [0.1, 0.15) is 5.76 Å². The topological polar surface area (TPSA) is 80.5 Å². The predicted octanol–water partition coefficient (Wildman–Crippen LogP) is 3.21. The Labute approximate surface area is 157 Å². The number of carbonyl (C=O) groups is 1. The summed E-state index contributed by atoms with van der Waals surface area (Å²) >= 11 is 6.20. The number of hydrogen-bond acceptors (Lipinski definition) is 5. The van der Waals surface area contributed by atoms with Crippen LogP contribution in [0.15, 0.2) is 34.9 Å². The molecule has 0 radical (unpaired) electrons. The average Bonchev–Trinajstić information content (AvgIpc) is 3.37. The summed E-state index contributed by atoms with van der Waals surface area (Å²) in [6, 6.07) is 8.66. The van der Waals surface area contributed by atoms with Crippen LogP contribution in [0.1, 0.15) is 52.2 Å². The Bertz CT molecular complexity index is 936. The number of rotatable bonds is 3. The van der Waals surface area contributed by atoms with Gasteiger partial charge in [-0.3, -0.25) is 4.79 Å². The minimum Gasteiger partial charge on any atom is -0.360 e. The minimum absolute atomic E-state index is 0.0953. The molecule has 1 atom stereocenters. The van der Waals surface area contributed by atoms with Gasteiger partial charge in [-0.1, -0.05) is 35.0 Å². The number of aromatic nitrogens is 1. The molecule has 1 aromatic carbocycles. The van der Waals surface area contributed by atoms with Crippen molar-refractivity contribution >= 4 is 27.3 Å². The van der Waals surface area contributed by atoms with Gasteiger partial charge in [-0.05, 0) is 30.9 Å². The molecule has 2 heterocycles. The smallest absolute Gasteiger partial charge is 0.276 e. The van der Waals surface area contributed by atoms with Crippen LogP contribution in [0.4, 0.5) is 0 Å². The van der Waals surface area contributed by atoms with Crippen LogP contribution in [-0.4, -0.2) is 43.2 Å². The lowest BCUT2D eigenvalue weighted by Gasteiger charge is -2.18. The first-order chi connectivity index (χ1) is 12.5. The highest BCUT2D eigenvalue weighted by molar-refractivity contribution is 7.91. The van der Waals surface area contributed by atoms with Crippen molar-refractivity contribution in [1.82, 2.24) is 10.1 Å². The molecular formula is C18H19ClN2O4S. The molecule has 138 valence electrons. The fraction of sp³-hybridized carbons (Fsp3) is 0.444. The zero-order valence-corrected chi connectivity index (χ0v) is 15.7. The molecule has 0 spiro atoms. The second-order valence-electron chi connectivity index (χ2n) is 6.85. The van der Waals surface area contributed by atoms with E-state index in [1.165, 1.54) is 0 Å². The number of benzene rings is 1. The molecule has 1 saturated heterocycles. The molecule has 2 aromatic rings. The second-order valence-corrected chi connectivity index (χ2v) is 9.56. The molecular weight excluding hydrogens is 376 g/mol. The Morgan fingerprint density at radius 2 is 1.96 bits per heavy atom. The number of nitrogens with zero attached hydrogens (tertiary/aromatic N) is 2. The van der Waals surface area contributed by atoms with E-state index < -0.39 is 15.1 Å². The molecule has 1 unspecified atom stereocenters. The van der Waals surface area contributed by atoms with Crippen molar-refractivity contribution in [2.24, 2.45) is 0 Å². The second kappa shape index (κ2) is 6.70. The van der Waals surface area contributed by atoms with Crippen LogP contribution in [0, 0.1) is 0 Å². The third-order valence-corrected chi connectivity index (χ3v) is 7.46. The molecule has 0 bridgehead atoms. The van der Waals surface area contributed by atoms with Gasteiger partial charge in [0, 0.05) is 30.1 Å². The summed E-state index contributed by atoms with van der Waals surface area (Å²) in [5, 5.41) is 3.61. The van der Waals surface area contributed by atoms with E-state index in [9.17, 15) is 13.2 Å². The molecule has 1 aliphatic carbocycles. The standard InChI is InChI=1S/C18H19ClN2O4S/c19-14-4-2-1-3-13(14)17-7-8-21(9-10-26(17,23)24)18(22)15-11-16(25-20-15)12-5-6-12/h1-4,11-12,17H,5-10H2. The SMILES string of the molecule is O=C(c1cc(C2CC2)on1)N1CCC(c2ccccc2Cl)S(=O)(=O)CC1. The van der Waals surface area contributed by atoms with Gasteiger partial charge in [0.25, 0.3) is 5.91 Å². The first-order valence-corrected chi connectivity index (χ1v) is 10.8. The highest BCUT2D eigenvalue weighted by atomic mass is 35.5. The van der Waals surface area contributed by atoms with E-state index in [2.05, 4.69) is 5.16 Å². The van der Waals surface area contributed by atoms with Crippen molar-refractivity contribution in [2.75, 3.05) is 18.8 Å². The lowest BCUT2D eigenvalue weighted by Crippen LogP contribution is -2.33. The normalized spacial score (nSPS) is 22.8. The number of halogens is 1. The summed E-state index contributed by atoms with van der Waals surface area (Å²) < 4.78 is 30.7. The Kier molecular flexibility index (Phi) is 4.52. The van der Waals surface area contributed by atoms with Gasteiger partial charge < -0.3 is 9.42 Å². The monoisotopic (exact) mass is 394 g/mol. The number of amides is 1. The fourth-order valence-electron chi connectivity index (χ4n) is 3.34. The molecule has 8 heteroatoms. The first-order valence-electron chi connectivity index (χ1n) is 8.67. The van der Waals surface area contributed by atoms with E-state index in [0.717, 1.165) is 18.6 Å². The van der Waals surface area contributed by atoms with Crippen LogP contribution in [0.5, 0.6) is 0 Å². The van der Waals surface area contributed by atoms with Gasteiger partial charge >= 0.3 is 0 Å². The zero-order valence-electron chi connectivity index (χ0n) is 14.1. The highest BCUT2D eigenvalue weighted by Crippen LogP contribution is 2.40. The van der Waals surface area contributed by atoms with Crippen molar-refractivity contribution in [3.63, 3.8) is 0 Å². The van der Waals surface area contributed by atoms with Crippen LogP contribution < -0.4 is 0 Å². The molecule has 2 fully saturated rings. The highest BCUT2D eigenvalue weighted by Gasteiger charge is 2.35. The first kappa shape index (κ1) is 17.5. The Morgan fingerprint density at radius 1 is 1.19 bits per heavy atom. The van der Waals surface area contributed by atoms with Crippen molar-refractivity contribution in [3.05, 3.63) is 52.4 Å². The molecule has 4 rings (SSSR count). The van der Waals surface area contributed by atoms with E-state index in [1.54, 1.807) is 35.2 Å². The van der Waals surface area contributed by atoms with Gasteiger partial charge in [0.2, 0.25) is 0 Å². The molecule has 0 N–H and O–H groups in total. The van der Waals surface area contributed by atoms with E-state index in [1.807, 2.05) is 0 Å². The van der Waals surface area contributed by atoms with Crippen LogP contribution >= 0.6 is 11.6 Å². The molecule has 2 aliphatic rings. The number of hydrogen-bond donors (Lipinski definition) is 0. The van der Waals surface area contributed by atoms with Crippen LogP contribution in [0.3, 0.4) is 0 Å². The molecule has 1 amide bonds. The predicted molar refractivity (Wildman–Crippen MR) is 97.0 cm³/mol. The summed E-state index contributed by atoms with van der Waals surface area (Å²) in [5.41, 5.74) is 0.849. The average molecular weight is 395 g/mol. The van der Waals surface area contributed by atoms with Crippen molar-refractivity contribution in [2.45, 2.75) is 30.4 Å². The Hall–Kier alpha value is -1.86. The summed E-state index contributed by atoms with van der Waals surface area (Å²) in [5.74, 6) is 0.737. The van der Waals surface area contributed by atoms with Crippen LogP contribution in [0.25, 0.3) is 0 Å². The maximum absolute atomic E-state index is 12.7. The van der Waals surface area contributed by atoms with Crippen molar-refractivity contribution in [3.8, 4) is 0 Å². The van der Waals surface area contributed by atoms with Crippen molar-refractivity contribution in [1.29, 1.82) is 0 Å². The van der Waals surface area contributed by atoms with E-state index >= 15 is 0 Å². The third kappa shape index (κ3) is 3.38. The van der Waals surface area contributed by atoms with Gasteiger partial charge in [-0.25, -0.2) is 8.42 Å². The van der Waals surface area contributed by atoms with Gasteiger partial charge in [0.15, 0.2) is 15.5 Å². The number of carbonyl (C=O) groups excluding carboxylic acids is 1. The lowest BCUT2D eigenvalue weighted by molar-refractivity contribution is 0.0756. The Balaban J connectivity index is 1.54. The largest absolute Gasteiger partial charge is 0.360 e. The van der Waals surface area contributed by atoms with Gasteiger partial charge in [-0.2, -0.15) is 0 Å². The quantitative estimate of drug-likeness (QED) is 0.798. The van der Waals surface area contributed by atoms with Crippen LogP contribution in [-0.2, 0) is 9.84 Å². The summed E-state index contributed by atoms with van der Waals surface area (Å²) in [4.78, 5) is 14.3. The molecule has 1 aliphatic heterocycles. The summed E-state index contributed by atoms with van der Waals surface area (Å²) in [7, 11) is -3.40. The molecule has 6 nitrogen and oxygen atoms in total. The van der Waals surface area contributed by atoms with E-state index in [4.69, 9.17) is 16.1 Å². The third-order valence-electron chi connectivity index (χ3n) is 5.01. The van der Waals surface area contributed by atoms with E-state index in [-0.39, 0.29) is 23.9 Å². The molecule has 1 aromatic heterocycles. The minimum atomic E-state index is -3.40. The maximum Gasteiger partial charge on any atom is 0.276 e. The fourth-order valence-corrected chi connectivity index (χ4v) is 5.49. The Morgan fingerprint density at radius 3 is 2.69 bits per heavy atom. The maximum atomic E-state index is 12.7. The molecule has 26 heavy (non-hydrogen) atoms.